The van der Waals surface area contributed by atoms with Crippen LogP contribution >= 0.6 is 27.5 Å². The third-order valence-corrected chi connectivity index (χ3v) is 3.73. The molecule has 1 aromatic carbocycles. The third-order valence-electron chi connectivity index (χ3n) is 2.46. The van der Waals surface area contributed by atoms with Gasteiger partial charge in [0.25, 0.3) is 5.89 Å². The molecule has 2 rings (SSSR count). The zero-order valence-electron chi connectivity index (χ0n) is 9.98. The molecule has 0 N–H and O–H groups in total. The molecule has 0 saturated carbocycles. The Labute approximate surface area is 118 Å². The first-order valence-corrected chi connectivity index (χ1v) is 6.76. The molecule has 0 spiro atoms. The van der Waals surface area contributed by atoms with Crippen molar-refractivity contribution in [1.29, 1.82) is 0 Å². The fourth-order valence-corrected chi connectivity index (χ4v) is 1.85. The van der Waals surface area contributed by atoms with E-state index >= 15 is 0 Å². The average molecular weight is 332 g/mol. The van der Waals surface area contributed by atoms with E-state index in [1.54, 1.807) is 25.3 Å². The molecule has 0 fully saturated rings. The standard InChI is InChI=1S/C12H12BrClN2O2/c1-3-9(13)12-16-15-11(18-12)8-6-7(14)4-5-10(8)17-2/h4-6,9H,3H2,1-2H3. The number of hydrogen-bond acceptors (Lipinski definition) is 4. The SMILES string of the molecule is CCC(Br)c1nnc(-c2cc(Cl)ccc2OC)o1. The van der Waals surface area contributed by atoms with Crippen molar-refractivity contribution in [3.8, 4) is 17.2 Å². The van der Waals surface area contributed by atoms with Gasteiger partial charge in [-0.2, -0.15) is 0 Å². The summed E-state index contributed by atoms with van der Waals surface area (Å²) in [5.74, 6) is 1.61. The predicted octanol–water partition coefficient (Wildman–Crippen LogP) is 4.24. The van der Waals surface area contributed by atoms with Crippen LogP contribution in [-0.2, 0) is 0 Å². The fourth-order valence-electron chi connectivity index (χ4n) is 1.49. The summed E-state index contributed by atoms with van der Waals surface area (Å²) in [6.45, 7) is 2.03. The van der Waals surface area contributed by atoms with Gasteiger partial charge in [-0.15, -0.1) is 10.2 Å². The maximum absolute atomic E-state index is 5.97. The highest BCUT2D eigenvalue weighted by molar-refractivity contribution is 9.09. The lowest BCUT2D eigenvalue weighted by Crippen LogP contribution is -1.87. The van der Waals surface area contributed by atoms with Crippen LogP contribution in [0.1, 0.15) is 24.1 Å². The van der Waals surface area contributed by atoms with Gasteiger partial charge in [-0.25, -0.2) is 0 Å². The molecule has 1 atom stereocenters. The zero-order chi connectivity index (χ0) is 13.1. The van der Waals surface area contributed by atoms with Crippen LogP contribution in [0, 0.1) is 0 Å². The molecule has 2 aromatic rings. The van der Waals surface area contributed by atoms with Crippen molar-refractivity contribution in [2.45, 2.75) is 18.2 Å². The summed E-state index contributed by atoms with van der Waals surface area (Å²) in [5, 5.41) is 8.62. The number of ether oxygens (including phenoxy) is 1. The van der Waals surface area contributed by atoms with Gasteiger partial charge in [-0.3, -0.25) is 0 Å². The van der Waals surface area contributed by atoms with E-state index in [1.807, 2.05) is 6.92 Å². The van der Waals surface area contributed by atoms with Crippen molar-refractivity contribution < 1.29 is 9.15 Å². The van der Waals surface area contributed by atoms with E-state index in [-0.39, 0.29) is 4.83 Å². The molecule has 4 nitrogen and oxygen atoms in total. The predicted molar refractivity (Wildman–Crippen MR) is 73.3 cm³/mol. The second kappa shape index (κ2) is 5.71. The first kappa shape index (κ1) is 13.4. The Morgan fingerprint density at radius 1 is 1.44 bits per heavy atom. The van der Waals surface area contributed by atoms with E-state index in [1.165, 1.54) is 0 Å². The number of nitrogens with zero attached hydrogens (tertiary/aromatic N) is 2. The molecule has 1 aromatic heterocycles. The zero-order valence-corrected chi connectivity index (χ0v) is 12.3. The minimum Gasteiger partial charge on any atom is -0.496 e. The minimum atomic E-state index is 0.0592. The summed E-state index contributed by atoms with van der Waals surface area (Å²) in [6, 6.07) is 5.26. The van der Waals surface area contributed by atoms with E-state index in [4.69, 9.17) is 20.8 Å². The van der Waals surface area contributed by atoms with Crippen molar-refractivity contribution in [3.63, 3.8) is 0 Å². The molecule has 0 amide bonds. The highest BCUT2D eigenvalue weighted by atomic mass is 79.9. The molecule has 6 heteroatoms. The Morgan fingerprint density at radius 3 is 2.89 bits per heavy atom. The van der Waals surface area contributed by atoms with Crippen LogP contribution < -0.4 is 4.74 Å². The number of benzene rings is 1. The van der Waals surface area contributed by atoms with Gasteiger partial charge in [0.05, 0.1) is 17.5 Å². The average Bonchev–Trinajstić information content (AvgIpc) is 2.87. The van der Waals surface area contributed by atoms with Gasteiger partial charge in [-0.05, 0) is 24.6 Å². The number of halogens is 2. The van der Waals surface area contributed by atoms with Crippen molar-refractivity contribution in [3.05, 3.63) is 29.1 Å². The lowest BCUT2D eigenvalue weighted by molar-refractivity contribution is 0.413. The molecule has 18 heavy (non-hydrogen) atoms. The summed E-state index contributed by atoms with van der Waals surface area (Å²) in [4.78, 5) is 0.0592. The second-order valence-corrected chi connectivity index (χ2v) is 5.21. The largest absolute Gasteiger partial charge is 0.496 e. The number of rotatable bonds is 4. The molecule has 1 heterocycles. The fraction of sp³-hybridized carbons (Fsp3) is 0.333. The van der Waals surface area contributed by atoms with Gasteiger partial charge in [0.2, 0.25) is 5.89 Å². The van der Waals surface area contributed by atoms with Crippen LogP contribution in [0.3, 0.4) is 0 Å². The van der Waals surface area contributed by atoms with E-state index in [9.17, 15) is 0 Å². The molecule has 0 saturated heterocycles. The Bertz CT molecular complexity index is 545. The van der Waals surface area contributed by atoms with Gasteiger partial charge >= 0.3 is 0 Å². The van der Waals surface area contributed by atoms with E-state index < -0.39 is 0 Å². The van der Waals surface area contributed by atoms with Gasteiger partial charge in [0.1, 0.15) is 5.75 Å². The van der Waals surface area contributed by atoms with Gasteiger partial charge in [0.15, 0.2) is 0 Å². The Balaban J connectivity index is 2.42. The van der Waals surface area contributed by atoms with Crippen LogP contribution in [0.25, 0.3) is 11.5 Å². The number of aromatic nitrogens is 2. The molecule has 0 aliphatic carbocycles. The highest BCUT2D eigenvalue weighted by Gasteiger charge is 2.17. The van der Waals surface area contributed by atoms with Crippen molar-refractivity contribution >= 4 is 27.5 Å². The van der Waals surface area contributed by atoms with Crippen LogP contribution in [0.4, 0.5) is 0 Å². The topological polar surface area (TPSA) is 48.2 Å². The van der Waals surface area contributed by atoms with Crippen molar-refractivity contribution in [2.75, 3.05) is 7.11 Å². The Hall–Kier alpha value is -1.07. The van der Waals surface area contributed by atoms with Crippen LogP contribution in [0.15, 0.2) is 22.6 Å². The molecule has 96 valence electrons. The lowest BCUT2D eigenvalue weighted by Gasteiger charge is -2.05. The highest BCUT2D eigenvalue weighted by Crippen LogP contribution is 2.33. The summed E-state index contributed by atoms with van der Waals surface area (Å²) in [6.07, 6.45) is 0.869. The molecule has 1 unspecified atom stereocenters. The van der Waals surface area contributed by atoms with Crippen LogP contribution in [0.2, 0.25) is 5.02 Å². The summed E-state index contributed by atoms with van der Waals surface area (Å²) in [7, 11) is 1.59. The maximum Gasteiger partial charge on any atom is 0.251 e. The molecule has 0 aliphatic heterocycles. The number of methoxy groups -OCH3 is 1. The van der Waals surface area contributed by atoms with E-state index in [0.29, 0.717) is 28.1 Å². The maximum atomic E-state index is 5.97. The molecule has 0 aliphatic rings. The summed E-state index contributed by atoms with van der Waals surface area (Å²) in [5.41, 5.74) is 0.694. The normalized spacial score (nSPS) is 12.4. The lowest BCUT2D eigenvalue weighted by atomic mass is 10.2. The molecule has 0 radical (unpaired) electrons. The third kappa shape index (κ3) is 2.67. The Kier molecular flexibility index (Phi) is 4.24. The van der Waals surface area contributed by atoms with Crippen LogP contribution in [0.5, 0.6) is 5.75 Å². The van der Waals surface area contributed by atoms with E-state index in [0.717, 1.165) is 6.42 Å². The first-order chi connectivity index (χ1) is 8.65. The Morgan fingerprint density at radius 2 is 2.22 bits per heavy atom. The minimum absolute atomic E-state index is 0.0592. The van der Waals surface area contributed by atoms with Gasteiger partial charge < -0.3 is 9.15 Å². The molecular formula is C12H12BrClN2O2. The summed E-state index contributed by atoms with van der Waals surface area (Å²) < 4.78 is 10.9. The second-order valence-electron chi connectivity index (χ2n) is 3.67. The number of hydrogen-bond donors (Lipinski definition) is 0. The quantitative estimate of drug-likeness (QED) is 0.786. The first-order valence-electron chi connectivity index (χ1n) is 5.47. The van der Waals surface area contributed by atoms with Crippen LogP contribution in [-0.4, -0.2) is 17.3 Å². The van der Waals surface area contributed by atoms with E-state index in [2.05, 4.69) is 26.1 Å². The smallest absolute Gasteiger partial charge is 0.251 e. The molecule has 0 bridgehead atoms. The van der Waals surface area contributed by atoms with Crippen molar-refractivity contribution in [1.82, 2.24) is 10.2 Å². The summed E-state index contributed by atoms with van der Waals surface area (Å²) >= 11 is 9.43. The molecular weight excluding hydrogens is 320 g/mol. The van der Waals surface area contributed by atoms with Gasteiger partial charge in [0, 0.05) is 5.02 Å². The monoisotopic (exact) mass is 330 g/mol. The number of alkyl halides is 1. The van der Waals surface area contributed by atoms with Crippen molar-refractivity contribution in [2.24, 2.45) is 0 Å². The van der Waals surface area contributed by atoms with Gasteiger partial charge in [-0.1, -0.05) is 34.5 Å².